The highest BCUT2D eigenvalue weighted by molar-refractivity contribution is 5.91. The van der Waals surface area contributed by atoms with Crippen LogP contribution in [0.25, 0.3) is 0 Å². The number of aromatic carboxylic acids is 1. The van der Waals surface area contributed by atoms with Crippen LogP contribution in [-0.2, 0) is 9.47 Å². The molecule has 3 rings (SSSR count). The number of aliphatic hydroxyl groups excluding tert-OH is 3. The van der Waals surface area contributed by atoms with Crippen molar-refractivity contribution in [1.29, 1.82) is 0 Å². The number of methoxy groups -OCH3 is 1. The van der Waals surface area contributed by atoms with E-state index in [0.29, 0.717) is 0 Å². The van der Waals surface area contributed by atoms with Crippen LogP contribution in [0.1, 0.15) is 20.7 Å². The van der Waals surface area contributed by atoms with E-state index in [4.69, 9.17) is 24.1 Å². The molecule has 12 nitrogen and oxygen atoms in total. The average molecular weight is 466 g/mol. The Kier molecular flexibility index (Phi) is 7.23. The van der Waals surface area contributed by atoms with E-state index in [1.54, 1.807) is 0 Å². The molecule has 1 saturated heterocycles. The molecule has 0 radical (unpaired) electrons. The fourth-order valence-electron chi connectivity index (χ4n) is 3.09. The summed E-state index contributed by atoms with van der Waals surface area (Å²) in [6.07, 6.45) is -7.98. The molecular formula is C21H22O12. The third kappa shape index (κ3) is 5.26. The quantitative estimate of drug-likeness (QED) is 0.296. The second-order valence-corrected chi connectivity index (χ2v) is 7.10. The number of ether oxygens (including phenoxy) is 4. The van der Waals surface area contributed by atoms with Crippen LogP contribution in [-0.4, -0.2) is 87.0 Å². The van der Waals surface area contributed by atoms with Gasteiger partial charge in [-0.3, -0.25) is 0 Å². The van der Waals surface area contributed by atoms with E-state index in [-0.39, 0.29) is 22.8 Å². The molecule has 0 unspecified atom stereocenters. The van der Waals surface area contributed by atoms with Gasteiger partial charge < -0.3 is 49.6 Å². The molecular weight excluding hydrogens is 444 g/mol. The first-order valence-electron chi connectivity index (χ1n) is 9.59. The molecule has 0 aromatic heterocycles. The Labute approximate surface area is 186 Å². The number of esters is 1. The predicted octanol–water partition coefficient (Wildman–Crippen LogP) is -0.152. The first kappa shape index (κ1) is 24.1. The van der Waals surface area contributed by atoms with Gasteiger partial charge in [-0.2, -0.15) is 0 Å². The minimum absolute atomic E-state index is 0.0358. The summed E-state index contributed by atoms with van der Waals surface area (Å²) in [7, 11) is 1.30. The van der Waals surface area contributed by atoms with E-state index in [0.717, 1.165) is 12.1 Å². The van der Waals surface area contributed by atoms with Crippen LogP contribution in [0.3, 0.4) is 0 Å². The fourth-order valence-corrected chi connectivity index (χ4v) is 3.09. The van der Waals surface area contributed by atoms with Crippen molar-refractivity contribution >= 4 is 11.9 Å². The normalized spacial score (nSPS) is 24.7. The van der Waals surface area contributed by atoms with Crippen LogP contribution in [0.5, 0.6) is 23.0 Å². The van der Waals surface area contributed by atoms with Gasteiger partial charge in [0.25, 0.3) is 0 Å². The third-order valence-electron chi connectivity index (χ3n) is 4.91. The summed E-state index contributed by atoms with van der Waals surface area (Å²) < 4.78 is 20.9. The van der Waals surface area contributed by atoms with Crippen molar-refractivity contribution in [3.05, 3.63) is 47.5 Å². The van der Waals surface area contributed by atoms with Crippen molar-refractivity contribution in [3.63, 3.8) is 0 Å². The molecule has 5 atom stereocenters. The molecule has 0 bridgehead atoms. The lowest BCUT2D eigenvalue weighted by Crippen LogP contribution is -2.60. The Morgan fingerprint density at radius 1 is 0.970 bits per heavy atom. The Hall–Kier alpha value is -3.58. The predicted molar refractivity (Wildman–Crippen MR) is 107 cm³/mol. The van der Waals surface area contributed by atoms with Crippen LogP contribution in [0.15, 0.2) is 36.4 Å². The molecule has 1 fully saturated rings. The number of hydrogen-bond donors (Lipinski definition) is 6. The summed E-state index contributed by atoms with van der Waals surface area (Å²) in [4.78, 5) is 23.5. The molecule has 0 aliphatic carbocycles. The van der Waals surface area contributed by atoms with E-state index in [1.165, 1.54) is 31.4 Å². The summed E-state index contributed by atoms with van der Waals surface area (Å²) in [5.41, 5.74) is -0.429. The van der Waals surface area contributed by atoms with E-state index in [9.17, 15) is 35.1 Å². The summed E-state index contributed by atoms with van der Waals surface area (Å²) in [5, 5.41) is 58.8. The SMILES string of the molecule is COc1cc(C(=O)OC[C@H]2O[C@H](Oc3ccc(O)c(C(=O)O)c3)[C@H](O)[C@@H](O)[C@@H]2O)ccc1O. The number of aromatic hydroxyl groups is 2. The van der Waals surface area contributed by atoms with Crippen LogP contribution in [0, 0.1) is 0 Å². The largest absolute Gasteiger partial charge is 0.507 e. The first-order chi connectivity index (χ1) is 15.6. The monoisotopic (exact) mass is 466 g/mol. The maximum absolute atomic E-state index is 12.3. The Bertz CT molecular complexity index is 1020. The topological polar surface area (TPSA) is 192 Å². The fraction of sp³-hybridized carbons (Fsp3) is 0.333. The number of phenols is 2. The van der Waals surface area contributed by atoms with Crippen LogP contribution in [0.4, 0.5) is 0 Å². The Morgan fingerprint density at radius 2 is 1.67 bits per heavy atom. The van der Waals surface area contributed by atoms with Crippen molar-refractivity contribution in [2.24, 2.45) is 0 Å². The first-order valence-corrected chi connectivity index (χ1v) is 9.59. The summed E-state index contributed by atoms with van der Waals surface area (Å²) >= 11 is 0. The summed E-state index contributed by atoms with van der Waals surface area (Å²) in [5.74, 6) is -3.02. The van der Waals surface area contributed by atoms with Crippen LogP contribution < -0.4 is 9.47 Å². The van der Waals surface area contributed by atoms with Gasteiger partial charge in [0, 0.05) is 0 Å². The highest BCUT2D eigenvalue weighted by atomic mass is 16.7. The molecule has 33 heavy (non-hydrogen) atoms. The van der Waals surface area contributed by atoms with Gasteiger partial charge in [0.05, 0.1) is 12.7 Å². The highest BCUT2D eigenvalue weighted by Crippen LogP contribution is 2.29. The zero-order valence-corrected chi connectivity index (χ0v) is 17.2. The molecule has 12 heteroatoms. The molecule has 1 aliphatic heterocycles. The molecule has 0 spiro atoms. The maximum Gasteiger partial charge on any atom is 0.339 e. The lowest BCUT2D eigenvalue weighted by Gasteiger charge is -2.39. The van der Waals surface area contributed by atoms with Crippen molar-refractivity contribution in [2.45, 2.75) is 30.7 Å². The van der Waals surface area contributed by atoms with E-state index in [2.05, 4.69) is 0 Å². The van der Waals surface area contributed by atoms with Gasteiger partial charge >= 0.3 is 11.9 Å². The van der Waals surface area contributed by atoms with Crippen molar-refractivity contribution < 1.29 is 59.2 Å². The molecule has 178 valence electrons. The van der Waals surface area contributed by atoms with Crippen molar-refractivity contribution in [3.8, 4) is 23.0 Å². The highest BCUT2D eigenvalue weighted by Gasteiger charge is 2.45. The van der Waals surface area contributed by atoms with Crippen molar-refractivity contribution in [1.82, 2.24) is 0 Å². The van der Waals surface area contributed by atoms with Gasteiger partial charge in [0.1, 0.15) is 48.1 Å². The van der Waals surface area contributed by atoms with Gasteiger partial charge in [0.2, 0.25) is 6.29 Å². The number of carboxylic acid groups (broad SMARTS) is 1. The number of phenolic OH excluding ortho intramolecular Hbond substituents is 1. The Balaban J connectivity index is 1.70. The van der Waals surface area contributed by atoms with E-state index < -0.39 is 60.6 Å². The number of hydrogen-bond acceptors (Lipinski definition) is 11. The molecule has 1 heterocycles. The smallest absolute Gasteiger partial charge is 0.339 e. The molecule has 2 aromatic carbocycles. The number of carbonyl (C=O) groups excluding carboxylic acids is 1. The minimum atomic E-state index is -1.74. The van der Waals surface area contributed by atoms with Gasteiger partial charge in [0.15, 0.2) is 11.5 Å². The van der Waals surface area contributed by atoms with Crippen molar-refractivity contribution in [2.75, 3.05) is 13.7 Å². The number of carbonyl (C=O) groups is 2. The number of carboxylic acids is 1. The minimum Gasteiger partial charge on any atom is -0.507 e. The molecule has 0 amide bonds. The molecule has 0 saturated carbocycles. The van der Waals surface area contributed by atoms with Crippen LogP contribution >= 0.6 is 0 Å². The maximum atomic E-state index is 12.3. The number of aliphatic hydroxyl groups is 3. The number of rotatable bonds is 7. The average Bonchev–Trinajstić information content (AvgIpc) is 2.79. The summed E-state index contributed by atoms with van der Waals surface area (Å²) in [6.45, 7) is -0.539. The molecule has 6 N–H and O–H groups in total. The van der Waals surface area contributed by atoms with E-state index >= 15 is 0 Å². The third-order valence-corrected chi connectivity index (χ3v) is 4.91. The second-order valence-electron chi connectivity index (χ2n) is 7.10. The van der Waals surface area contributed by atoms with Gasteiger partial charge in [-0.1, -0.05) is 0 Å². The van der Waals surface area contributed by atoms with E-state index in [1.807, 2.05) is 0 Å². The zero-order valence-electron chi connectivity index (χ0n) is 17.2. The van der Waals surface area contributed by atoms with Gasteiger partial charge in [-0.05, 0) is 36.4 Å². The zero-order chi connectivity index (χ0) is 24.3. The van der Waals surface area contributed by atoms with Gasteiger partial charge in [-0.15, -0.1) is 0 Å². The Morgan fingerprint density at radius 3 is 2.33 bits per heavy atom. The lowest BCUT2D eigenvalue weighted by molar-refractivity contribution is -0.277. The van der Waals surface area contributed by atoms with Crippen LogP contribution in [0.2, 0.25) is 0 Å². The lowest BCUT2D eigenvalue weighted by atomic mass is 9.99. The summed E-state index contributed by atoms with van der Waals surface area (Å²) in [6, 6.07) is 7.01. The number of benzene rings is 2. The van der Waals surface area contributed by atoms with Gasteiger partial charge in [-0.25, -0.2) is 9.59 Å². The molecule has 1 aliphatic rings. The molecule has 2 aromatic rings. The standard InChI is InChI=1S/C21H22O12/c1-30-14-6-9(2-4-13(14)23)20(29)31-8-15-16(24)17(25)18(26)21(33-15)32-10-3-5-12(22)11(7-10)19(27)28/h2-7,15-18,21-26H,8H2,1H3,(H,27,28)/t15-,16-,17+,18-,21+/m1/s1. The second kappa shape index (κ2) is 9.92.